The predicted molar refractivity (Wildman–Crippen MR) is 54.4 cm³/mol. The van der Waals surface area contributed by atoms with Crippen molar-refractivity contribution < 1.29 is 19.4 Å². The molecule has 0 bridgehead atoms. The van der Waals surface area contributed by atoms with E-state index in [-0.39, 0.29) is 6.54 Å². The van der Waals surface area contributed by atoms with Crippen molar-refractivity contribution in [2.24, 2.45) is 0 Å². The number of hydrogen-bond acceptors (Lipinski definition) is 3. The molecule has 1 amide bonds. The molecule has 0 aliphatic rings. The fourth-order valence-corrected chi connectivity index (χ4v) is 1.15. The normalized spacial score (nSPS) is 9.47. The summed E-state index contributed by atoms with van der Waals surface area (Å²) in [6.07, 6.45) is -1.06. The van der Waals surface area contributed by atoms with Crippen LogP contribution >= 0.6 is 0 Å². The molecule has 1 aromatic carbocycles. The summed E-state index contributed by atoms with van der Waals surface area (Å²) < 4.78 is 10.1. The molecule has 0 aliphatic heterocycles. The molecule has 15 heavy (non-hydrogen) atoms. The number of hydrogen-bond donors (Lipinski definition) is 2. The van der Waals surface area contributed by atoms with Gasteiger partial charge in [-0.05, 0) is 17.7 Å². The van der Waals surface area contributed by atoms with Crippen molar-refractivity contribution in [3.05, 3.63) is 23.8 Å². The molecule has 0 spiro atoms. The maximum atomic E-state index is 10.3. The van der Waals surface area contributed by atoms with Gasteiger partial charge in [-0.1, -0.05) is 0 Å². The lowest BCUT2D eigenvalue weighted by Crippen LogP contribution is -2.19. The van der Waals surface area contributed by atoms with Gasteiger partial charge < -0.3 is 19.9 Å². The van der Waals surface area contributed by atoms with E-state index in [0.29, 0.717) is 11.5 Å². The van der Waals surface area contributed by atoms with E-state index in [1.54, 1.807) is 32.4 Å². The minimum absolute atomic E-state index is 0.225. The van der Waals surface area contributed by atoms with Crippen molar-refractivity contribution in [3.8, 4) is 11.5 Å². The average Bonchev–Trinajstić information content (AvgIpc) is 2.25. The van der Waals surface area contributed by atoms with E-state index >= 15 is 0 Å². The minimum atomic E-state index is -1.06. The van der Waals surface area contributed by atoms with Crippen molar-refractivity contribution in [1.82, 2.24) is 5.32 Å². The van der Waals surface area contributed by atoms with Crippen LogP contribution in [-0.4, -0.2) is 25.4 Å². The highest BCUT2D eigenvalue weighted by Gasteiger charge is 2.02. The Bertz CT molecular complexity index is 329. The number of amides is 1. The molecule has 0 atom stereocenters. The molecule has 0 radical (unpaired) electrons. The van der Waals surface area contributed by atoms with Crippen LogP contribution in [0.5, 0.6) is 11.5 Å². The first-order chi connectivity index (χ1) is 7.15. The van der Waals surface area contributed by atoms with Crippen LogP contribution in [0.4, 0.5) is 4.79 Å². The fourth-order valence-electron chi connectivity index (χ4n) is 1.15. The summed E-state index contributed by atoms with van der Waals surface area (Å²) in [5.74, 6) is 1.27. The first kappa shape index (κ1) is 11.2. The highest BCUT2D eigenvalue weighted by atomic mass is 16.5. The molecule has 5 nitrogen and oxygen atoms in total. The Kier molecular flexibility index (Phi) is 3.79. The van der Waals surface area contributed by atoms with Gasteiger partial charge >= 0.3 is 6.09 Å². The standard InChI is InChI=1S/C10H13NO4/c1-14-8-3-7(6-11-10(12)13)4-9(5-8)15-2/h3-5,11H,6H2,1-2H3,(H,12,13). The quantitative estimate of drug-likeness (QED) is 0.791. The molecule has 0 saturated carbocycles. The summed E-state index contributed by atoms with van der Waals surface area (Å²) in [7, 11) is 3.09. The van der Waals surface area contributed by atoms with Crippen molar-refractivity contribution in [3.63, 3.8) is 0 Å². The molecule has 0 unspecified atom stereocenters. The number of rotatable bonds is 4. The first-order valence-corrected chi connectivity index (χ1v) is 4.34. The Morgan fingerprint density at radius 1 is 1.27 bits per heavy atom. The second-order valence-corrected chi connectivity index (χ2v) is 2.88. The molecule has 0 saturated heterocycles. The van der Waals surface area contributed by atoms with Crippen LogP contribution in [0.1, 0.15) is 5.56 Å². The molecule has 1 aromatic rings. The lowest BCUT2D eigenvalue weighted by molar-refractivity contribution is 0.194. The van der Waals surface area contributed by atoms with Crippen LogP contribution in [0.3, 0.4) is 0 Å². The topological polar surface area (TPSA) is 67.8 Å². The van der Waals surface area contributed by atoms with Gasteiger partial charge in [-0.25, -0.2) is 4.79 Å². The van der Waals surface area contributed by atoms with Crippen LogP contribution in [0.15, 0.2) is 18.2 Å². The Hall–Kier alpha value is -1.91. The maximum absolute atomic E-state index is 10.3. The number of nitrogens with one attached hydrogen (secondary N) is 1. The van der Waals surface area contributed by atoms with E-state index < -0.39 is 6.09 Å². The number of ether oxygens (including phenoxy) is 2. The smallest absolute Gasteiger partial charge is 0.404 e. The molecule has 82 valence electrons. The largest absolute Gasteiger partial charge is 0.497 e. The highest BCUT2D eigenvalue weighted by Crippen LogP contribution is 2.22. The Labute approximate surface area is 87.6 Å². The number of benzene rings is 1. The van der Waals surface area contributed by atoms with Gasteiger partial charge in [-0.15, -0.1) is 0 Å². The molecule has 0 fully saturated rings. The van der Waals surface area contributed by atoms with Gasteiger partial charge in [-0.2, -0.15) is 0 Å². The van der Waals surface area contributed by atoms with E-state index in [2.05, 4.69) is 5.32 Å². The summed E-state index contributed by atoms with van der Waals surface area (Å²) in [6.45, 7) is 0.225. The molecule has 2 N–H and O–H groups in total. The molecule has 0 aliphatic carbocycles. The summed E-state index contributed by atoms with van der Waals surface area (Å²) in [6, 6.07) is 5.22. The average molecular weight is 211 g/mol. The molecular weight excluding hydrogens is 198 g/mol. The molecule has 0 heterocycles. The summed E-state index contributed by atoms with van der Waals surface area (Å²) in [5.41, 5.74) is 0.786. The third-order valence-corrected chi connectivity index (χ3v) is 1.85. The Morgan fingerprint density at radius 2 is 1.80 bits per heavy atom. The van der Waals surface area contributed by atoms with Crippen LogP contribution in [-0.2, 0) is 6.54 Å². The summed E-state index contributed by atoms with van der Waals surface area (Å²) in [4.78, 5) is 10.3. The second-order valence-electron chi connectivity index (χ2n) is 2.88. The van der Waals surface area contributed by atoms with E-state index in [4.69, 9.17) is 14.6 Å². The van der Waals surface area contributed by atoms with Crippen molar-refractivity contribution in [2.75, 3.05) is 14.2 Å². The van der Waals surface area contributed by atoms with Gasteiger partial charge in [0, 0.05) is 12.6 Å². The van der Waals surface area contributed by atoms with Crippen molar-refractivity contribution in [1.29, 1.82) is 0 Å². The number of methoxy groups -OCH3 is 2. The third-order valence-electron chi connectivity index (χ3n) is 1.85. The van der Waals surface area contributed by atoms with Gasteiger partial charge in [0.1, 0.15) is 11.5 Å². The predicted octanol–water partition coefficient (Wildman–Crippen LogP) is 1.47. The summed E-state index contributed by atoms with van der Waals surface area (Å²) in [5, 5.41) is 10.7. The lowest BCUT2D eigenvalue weighted by Gasteiger charge is -2.08. The lowest BCUT2D eigenvalue weighted by atomic mass is 10.2. The van der Waals surface area contributed by atoms with Crippen LogP contribution in [0.25, 0.3) is 0 Å². The van der Waals surface area contributed by atoms with Crippen molar-refractivity contribution >= 4 is 6.09 Å². The maximum Gasteiger partial charge on any atom is 0.404 e. The highest BCUT2D eigenvalue weighted by molar-refractivity contribution is 5.64. The Morgan fingerprint density at radius 3 is 2.20 bits per heavy atom. The van der Waals surface area contributed by atoms with Gasteiger partial charge in [0.05, 0.1) is 14.2 Å². The van der Waals surface area contributed by atoms with Gasteiger partial charge in [0.2, 0.25) is 0 Å². The molecule has 1 rings (SSSR count). The van der Waals surface area contributed by atoms with Crippen LogP contribution < -0.4 is 14.8 Å². The minimum Gasteiger partial charge on any atom is -0.497 e. The SMILES string of the molecule is COc1cc(CNC(=O)O)cc(OC)c1. The van der Waals surface area contributed by atoms with Crippen LogP contribution in [0.2, 0.25) is 0 Å². The first-order valence-electron chi connectivity index (χ1n) is 4.34. The number of carboxylic acid groups (broad SMARTS) is 1. The zero-order valence-electron chi connectivity index (χ0n) is 8.61. The van der Waals surface area contributed by atoms with E-state index in [0.717, 1.165) is 5.56 Å². The zero-order chi connectivity index (χ0) is 11.3. The third kappa shape index (κ3) is 3.38. The second kappa shape index (κ2) is 5.09. The Balaban J connectivity index is 2.81. The van der Waals surface area contributed by atoms with Gasteiger partial charge in [0.15, 0.2) is 0 Å². The molecule has 5 heteroatoms. The molecule has 0 aromatic heterocycles. The van der Waals surface area contributed by atoms with Gasteiger partial charge in [-0.3, -0.25) is 0 Å². The zero-order valence-corrected chi connectivity index (χ0v) is 8.61. The van der Waals surface area contributed by atoms with Crippen molar-refractivity contribution in [2.45, 2.75) is 6.54 Å². The van der Waals surface area contributed by atoms with E-state index in [9.17, 15) is 4.79 Å². The van der Waals surface area contributed by atoms with Gasteiger partial charge in [0.25, 0.3) is 0 Å². The van der Waals surface area contributed by atoms with E-state index in [1.165, 1.54) is 0 Å². The van der Waals surface area contributed by atoms with E-state index in [1.807, 2.05) is 0 Å². The monoisotopic (exact) mass is 211 g/mol. The fraction of sp³-hybridized carbons (Fsp3) is 0.300. The van der Waals surface area contributed by atoms with Crippen LogP contribution in [0, 0.1) is 0 Å². The number of carbonyl (C=O) groups is 1. The summed E-state index contributed by atoms with van der Waals surface area (Å²) >= 11 is 0. The molecular formula is C10H13NO4.